The van der Waals surface area contributed by atoms with Crippen LogP contribution in [0, 0.1) is 0 Å². The van der Waals surface area contributed by atoms with Crippen LogP contribution in [0.4, 0.5) is 8.78 Å². The Hall–Kier alpha value is -2.47. The molecule has 0 fully saturated rings. The number of nitrogens with zero attached hydrogens (tertiary/aromatic N) is 1. The van der Waals surface area contributed by atoms with Gasteiger partial charge >= 0.3 is 0 Å². The summed E-state index contributed by atoms with van der Waals surface area (Å²) in [6.07, 6.45) is -2.68. The van der Waals surface area contributed by atoms with Crippen molar-refractivity contribution in [1.82, 2.24) is 15.3 Å². The topological polar surface area (TPSA) is 57.8 Å². The van der Waals surface area contributed by atoms with Crippen LogP contribution in [-0.2, 0) is 0 Å². The maximum atomic E-state index is 12.7. The van der Waals surface area contributed by atoms with Gasteiger partial charge in [-0.25, -0.2) is 13.8 Å². The first-order chi connectivity index (χ1) is 11.4. The van der Waals surface area contributed by atoms with Gasteiger partial charge in [0.2, 0.25) is 0 Å². The molecule has 3 rings (SSSR count). The Balaban J connectivity index is 1.80. The van der Waals surface area contributed by atoms with Crippen LogP contribution in [0.1, 0.15) is 41.1 Å². The fourth-order valence-electron chi connectivity index (χ4n) is 2.41. The Morgan fingerprint density at radius 1 is 1.25 bits per heavy atom. The van der Waals surface area contributed by atoms with Crippen molar-refractivity contribution in [3.63, 3.8) is 0 Å². The van der Waals surface area contributed by atoms with Crippen molar-refractivity contribution >= 4 is 28.5 Å². The maximum Gasteiger partial charge on any atom is 0.295 e. The van der Waals surface area contributed by atoms with E-state index in [4.69, 9.17) is 11.6 Å². The largest absolute Gasteiger partial charge is 0.346 e. The lowest BCUT2D eigenvalue weighted by molar-refractivity contribution is 0.0940. The van der Waals surface area contributed by atoms with Crippen LogP contribution in [-0.4, -0.2) is 15.9 Å². The Bertz CT molecular complexity index is 894. The van der Waals surface area contributed by atoms with Crippen LogP contribution >= 0.6 is 11.6 Å². The highest BCUT2D eigenvalue weighted by Crippen LogP contribution is 2.21. The predicted octanol–water partition coefficient (Wildman–Crippen LogP) is 4.64. The molecule has 7 heteroatoms. The first-order valence-corrected chi connectivity index (χ1v) is 7.66. The maximum absolute atomic E-state index is 12.7. The van der Waals surface area contributed by atoms with Gasteiger partial charge in [-0.3, -0.25) is 4.79 Å². The molecule has 1 unspecified atom stereocenters. The van der Waals surface area contributed by atoms with Gasteiger partial charge in [0.1, 0.15) is 0 Å². The second-order valence-corrected chi connectivity index (χ2v) is 5.84. The number of aromatic nitrogens is 2. The van der Waals surface area contributed by atoms with E-state index in [0.717, 1.165) is 5.56 Å². The molecule has 2 aromatic carbocycles. The molecule has 0 saturated carbocycles. The number of hydrogen-bond acceptors (Lipinski definition) is 2. The Morgan fingerprint density at radius 3 is 2.75 bits per heavy atom. The highest BCUT2D eigenvalue weighted by molar-refractivity contribution is 6.30. The average molecular weight is 350 g/mol. The van der Waals surface area contributed by atoms with Gasteiger partial charge in [-0.1, -0.05) is 23.7 Å². The van der Waals surface area contributed by atoms with Crippen LogP contribution in [0.15, 0.2) is 42.5 Å². The number of benzene rings is 2. The summed E-state index contributed by atoms with van der Waals surface area (Å²) in [5.41, 5.74) is 2.03. The number of nitrogens with one attached hydrogen (secondary N) is 2. The van der Waals surface area contributed by atoms with Crippen LogP contribution < -0.4 is 5.32 Å². The molecule has 3 aromatic rings. The molecule has 0 saturated heterocycles. The van der Waals surface area contributed by atoms with Crippen molar-refractivity contribution < 1.29 is 13.6 Å². The first kappa shape index (κ1) is 16.4. The smallest absolute Gasteiger partial charge is 0.295 e. The molecule has 4 nitrogen and oxygen atoms in total. The number of imidazole rings is 1. The van der Waals surface area contributed by atoms with E-state index in [1.807, 2.05) is 19.1 Å². The lowest BCUT2D eigenvalue weighted by Gasteiger charge is -2.14. The van der Waals surface area contributed by atoms with Crippen molar-refractivity contribution in [1.29, 1.82) is 0 Å². The van der Waals surface area contributed by atoms with Gasteiger partial charge in [0.15, 0.2) is 5.82 Å². The normalized spacial score (nSPS) is 12.5. The zero-order valence-corrected chi connectivity index (χ0v) is 13.4. The third kappa shape index (κ3) is 3.38. The molecular formula is C17H14ClF2N3O. The van der Waals surface area contributed by atoms with Gasteiger partial charge in [0, 0.05) is 10.6 Å². The second-order valence-electron chi connectivity index (χ2n) is 5.40. The van der Waals surface area contributed by atoms with E-state index in [1.165, 1.54) is 12.1 Å². The van der Waals surface area contributed by atoms with Gasteiger partial charge < -0.3 is 10.3 Å². The molecular weight excluding hydrogens is 336 g/mol. The summed E-state index contributed by atoms with van der Waals surface area (Å²) >= 11 is 5.95. The SMILES string of the molecule is CC(NC(=O)c1ccc2nc(C(F)F)[nH]c2c1)c1cccc(Cl)c1. The van der Waals surface area contributed by atoms with E-state index >= 15 is 0 Å². The molecule has 0 aliphatic heterocycles. The monoisotopic (exact) mass is 349 g/mol. The standard InChI is InChI=1S/C17H14ClF2N3O/c1-9(10-3-2-4-12(18)7-10)21-17(24)11-5-6-13-14(8-11)23-16(22-13)15(19)20/h2-9,15H,1H3,(H,21,24)(H,22,23). The molecule has 0 spiro atoms. The molecule has 0 radical (unpaired) electrons. The van der Waals surface area contributed by atoms with Crippen molar-refractivity contribution in [2.45, 2.75) is 19.4 Å². The summed E-state index contributed by atoms with van der Waals surface area (Å²) in [4.78, 5) is 18.7. The lowest BCUT2D eigenvalue weighted by Crippen LogP contribution is -2.26. The first-order valence-electron chi connectivity index (χ1n) is 7.28. The van der Waals surface area contributed by atoms with E-state index in [2.05, 4.69) is 15.3 Å². The van der Waals surface area contributed by atoms with Crippen LogP contribution in [0.25, 0.3) is 11.0 Å². The van der Waals surface area contributed by atoms with Crippen molar-refractivity contribution in [2.24, 2.45) is 0 Å². The van der Waals surface area contributed by atoms with E-state index in [1.54, 1.807) is 18.2 Å². The number of aromatic amines is 1. The highest BCUT2D eigenvalue weighted by atomic mass is 35.5. The van der Waals surface area contributed by atoms with Crippen LogP contribution in [0.3, 0.4) is 0 Å². The van der Waals surface area contributed by atoms with Gasteiger partial charge in [0.25, 0.3) is 12.3 Å². The fraction of sp³-hybridized carbons (Fsp3) is 0.176. The van der Waals surface area contributed by atoms with Crippen LogP contribution in [0.5, 0.6) is 0 Å². The average Bonchev–Trinajstić information content (AvgIpc) is 2.98. The summed E-state index contributed by atoms with van der Waals surface area (Å²) in [6.45, 7) is 1.84. The Kier molecular flexibility index (Phi) is 4.49. The Labute approximate surface area is 141 Å². The molecule has 1 heterocycles. The molecule has 0 aliphatic carbocycles. The number of carbonyl (C=O) groups excluding carboxylic acids is 1. The Morgan fingerprint density at radius 2 is 2.04 bits per heavy atom. The minimum Gasteiger partial charge on any atom is -0.346 e. The van der Waals surface area contributed by atoms with Crippen molar-refractivity contribution in [2.75, 3.05) is 0 Å². The molecule has 1 amide bonds. The third-order valence-electron chi connectivity index (χ3n) is 3.67. The predicted molar refractivity (Wildman–Crippen MR) is 88.4 cm³/mol. The van der Waals surface area contributed by atoms with Crippen molar-refractivity contribution in [3.8, 4) is 0 Å². The van der Waals surface area contributed by atoms with Crippen molar-refractivity contribution in [3.05, 3.63) is 64.4 Å². The third-order valence-corrected chi connectivity index (χ3v) is 3.90. The molecule has 124 valence electrons. The van der Waals surface area contributed by atoms with E-state index in [-0.39, 0.29) is 11.9 Å². The number of halogens is 3. The number of rotatable bonds is 4. The number of carbonyl (C=O) groups is 1. The summed E-state index contributed by atoms with van der Waals surface area (Å²) in [7, 11) is 0. The van der Waals surface area contributed by atoms with E-state index in [0.29, 0.717) is 21.6 Å². The summed E-state index contributed by atoms with van der Waals surface area (Å²) in [5.74, 6) is -0.715. The second kappa shape index (κ2) is 6.57. The number of fused-ring (bicyclic) bond motifs is 1. The zero-order chi connectivity index (χ0) is 17.3. The van der Waals surface area contributed by atoms with E-state index in [9.17, 15) is 13.6 Å². The van der Waals surface area contributed by atoms with Gasteiger partial charge in [0.05, 0.1) is 17.1 Å². The lowest BCUT2D eigenvalue weighted by atomic mass is 10.1. The minimum absolute atomic E-state index is 0.245. The van der Waals surface area contributed by atoms with Crippen LogP contribution in [0.2, 0.25) is 5.02 Å². The quantitative estimate of drug-likeness (QED) is 0.720. The molecule has 1 atom stereocenters. The number of hydrogen-bond donors (Lipinski definition) is 2. The summed E-state index contributed by atoms with van der Waals surface area (Å²) in [6, 6.07) is 11.6. The van der Waals surface area contributed by atoms with E-state index < -0.39 is 12.2 Å². The number of amides is 1. The zero-order valence-electron chi connectivity index (χ0n) is 12.7. The molecule has 1 aromatic heterocycles. The fourth-order valence-corrected chi connectivity index (χ4v) is 2.61. The molecule has 0 bridgehead atoms. The number of H-pyrrole nitrogens is 1. The van der Waals surface area contributed by atoms with Gasteiger partial charge in [-0.05, 0) is 42.8 Å². The van der Waals surface area contributed by atoms with Gasteiger partial charge in [-0.15, -0.1) is 0 Å². The summed E-state index contributed by atoms with van der Waals surface area (Å²) < 4.78 is 25.3. The summed E-state index contributed by atoms with van der Waals surface area (Å²) in [5, 5.41) is 3.44. The molecule has 0 aliphatic rings. The number of alkyl halides is 2. The molecule has 2 N–H and O–H groups in total. The highest BCUT2D eigenvalue weighted by Gasteiger charge is 2.15. The van der Waals surface area contributed by atoms with Gasteiger partial charge in [-0.2, -0.15) is 0 Å². The minimum atomic E-state index is -2.68. The molecule has 24 heavy (non-hydrogen) atoms.